The number of aliphatic hydroxyl groups is 1. The molecule has 0 spiro atoms. The van der Waals surface area contributed by atoms with Gasteiger partial charge in [0.05, 0.1) is 18.5 Å². The third kappa shape index (κ3) is 3.77. The van der Waals surface area contributed by atoms with Crippen LogP contribution in [0.2, 0.25) is 0 Å². The number of aliphatic hydroxyl groups excluding tert-OH is 1. The summed E-state index contributed by atoms with van der Waals surface area (Å²) in [5, 5.41) is 9.12. The van der Waals surface area contributed by atoms with Crippen LogP contribution in [0.5, 0.6) is 5.75 Å². The molecule has 0 fully saturated rings. The number of nitrogens with zero attached hydrogens (tertiary/aromatic N) is 3. The minimum atomic E-state index is -0.151. The predicted molar refractivity (Wildman–Crippen MR) is 122 cm³/mol. The van der Waals surface area contributed by atoms with Crippen LogP contribution in [-0.2, 0) is 7.05 Å². The van der Waals surface area contributed by atoms with Gasteiger partial charge < -0.3 is 9.84 Å². The molecule has 0 aliphatic carbocycles. The predicted octanol–water partition coefficient (Wildman–Crippen LogP) is 4.01. The summed E-state index contributed by atoms with van der Waals surface area (Å²) in [6.07, 6.45) is 1.72. The van der Waals surface area contributed by atoms with Crippen molar-refractivity contribution in [1.29, 1.82) is 0 Å². The number of aromatic nitrogens is 2. The third-order valence-electron chi connectivity index (χ3n) is 5.00. The van der Waals surface area contributed by atoms with E-state index in [9.17, 15) is 4.79 Å². The molecular weight excluding hydrogens is 378 g/mol. The van der Waals surface area contributed by atoms with Crippen molar-refractivity contribution in [3.05, 3.63) is 88.3 Å². The lowest BCUT2D eigenvalue weighted by atomic mass is 10.0. The van der Waals surface area contributed by atoms with E-state index in [1.165, 1.54) is 0 Å². The minimum absolute atomic E-state index is 0.151. The van der Waals surface area contributed by atoms with Gasteiger partial charge in [-0.25, -0.2) is 9.67 Å². The average molecular weight is 403 g/mol. The molecule has 0 aliphatic heterocycles. The molecule has 1 heterocycles. The zero-order valence-corrected chi connectivity index (χ0v) is 17.5. The molecule has 0 bridgehead atoms. The fraction of sp³-hybridized carbons (Fsp3) is 0.167. The molecule has 3 aromatic carbocycles. The van der Waals surface area contributed by atoms with Gasteiger partial charge in [-0.3, -0.25) is 9.48 Å². The maximum absolute atomic E-state index is 13.0. The van der Waals surface area contributed by atoms with E-state index in [2.05, 4.69) is 4.99 Å². The highest BCUT2D eigenvalue weighted by Crippen LogP contribution is 2.27. The molecule has 0 saturated heterocycles. The van der Waals surface area contributed by atoms with Crippen LogP contribution in [0.1, 0.15) is 11.3 Å². The number of aliphatic imine (C=N–C) groups is 1. The van der Waals surface area contributed by atoms with Crippen LogP contribution < -0.4 is 10.3 Å². The van der Waals surface area contributed by atoms with Crippen molar-refractivity contribution in [2.45, 2.75) is 6.92 Å². The second-order valence-electron chi connectivity index (χ2n) is 6.57. The lowest BCUT2D eigenvalue weighted by Gasteiger charge is -2.08. The van der Waals surface area contributed by atoms with Gasteiger partial charge in [0.1, 0.15) is 5.75 Å². The molecule has 154 valence electrons. The van der Waals surface area contributed by atoms with Gasteiger partial charge >= 0.3 is 0 Å². The third-order valence-corrected chi connectivity index (χ3v) is 5.00. The zero-order valence-electron chi connectivity index (χ0n) is 17.5. The van der Waals surface area contributed by atoms with E-state index in [-0.39, 0.29) is 5.56 Å². The van der Waals surface area contributed by atoms with E-state index in [4.69, 9.17) is 9.84 Å². The van der Waals surface area contributed by atoms with Gasteiger partial charge in [0, 0.05) is 25.9 Å². The Morgan fingerprint density at radius 1 is 0.967 bits per heavy atom. The quantitative estimate of drug-likeness (QED) is 0.524. The number of ether oxygens (including phenoxy) is 1. The Bertz CT molecular complexity index is 1240. The molecule has 30 heavy (non-hydrogen) atoms. The van der Waals surface area contributed by atoms with Gasteiger partial charge in [-0.1, -0.05) is 48.5 Å². The number of benzene rings is 3. The molecule has 1 aromatic heterocycles. The number of hydrogen-bond donors (Lipinski definition) is 1. The molecule has 4 rings (SSSR count). The van der Waals surface area contributed by atoms with Crippen LogP contribution in [0.25, 0.3) is 16.5 Å². The maximum atomic E-state index is 13.0. The SMILES string of the molecule is CO.COc1ccc2ccccc2c1C=Nc1c(C)n(C)n(-c2ccccc2)c1=O. The second-order valence-corrected chi connectivity index (χ2v) is 6.57. The summed E-state index contributed by atoms with van der Waals surface area (Å²) in [4.78, 5) is 17.6. The van der Waals surface area contributed by atoms with Gasteiger partial charge in [-0.2, -0.15) is 0 Å². The summed E-state index contributed by atoms with van der Waals surface area (Å²) < 4.78 is 8.97. The fourth-order valence-corrected chi connectivity index (χ4v) is 3.42. The van der Waals surface area contributed by atoms with E-state index >= 15 is 0 Å². The van der Waals surface area contributed by atoms with E-state index in [0.717, 1.165) is 40.6 Å². The Morgan fingerprint density at radius 3 is 2.33 bits per heavy atom. The van der Waals surface area contributed by atoms with Gasteiger partial charge in [-0.15, -0.1) is 0 Å². The molecule has 6 nitrogen and oxygen atoms in total. The Hall–Kier alpha value is -3.64. The Labute approximate surface area is 175 Å². The molecular formula is C24H25N3O3. The Kier molecular flexibility index (Phi) is 6.49. The number of fused-ring (bicyclic) bond motifs is 1. The maximum Gasteiger partial charge on any atom is 0.297 e. The monoisotopic (exact) mass is 403 g/mol. The van der Waals surface area contributed by atoms with Crippen LogP contribution in [0.15, 0.2) is 76.5 Å². The van der Waals surface area contributed by atoms with Crippen molar-refractivity contribution in [3.63, 3.8) is 0 Å². The number of methoxy groups -OCH3 is 1. The topological polar surface area (TPSA) is 68.8 Å². The number of hydrogen-bond acceptors (Lipinski definition) is 4. The lowest BCUT2D eigenvalue weighted by molar-refractivity contribution is 0.399. The molecule has 4 aromatic rings. The number of para-hydroxylation sites is 1. The van der Waals surface area contributed by atoms with Crippen molar-refractivity contribution in [2.24, 2.45) is 12.0 Å². The molecule has 6 heteroatoms. The highest BCUT2D eigenvalue weighted by Gasteiger charge is 2.15. The van der Waals surface area contributed by atoms with Crippen molar-refractivity contribution >= 4 is 22.7 Å². The summed E-state index contributed by atoms with van der Waals surface area (Å²) in [5.41, 5.74) is 2.73. The van der Waals surface area contributed by atoms with E-state index in [0.29, 0.717) is 5.69 Å². The summed E-state index contributed by atoms with van der Waals surface area (Å²) in [6, 6.07) is 21.5. The highest BCUT2D eigenvalue weighted by molar-refractivity contribution is 6.03. The van der Waals surface area contributed by atoms with Crippen LogP contribution in [-0.4, -0.2) is 34.9 Å². The summed E-state index contributed by atoms with van der Waals surface area (Å²) in [7, 11) is 4.50. The molecule has 0 saturated carbocycles. The first-order chi connectivity index (χ1) is 14.6. The molecule has 1 N–H and O–H groups in total. The standard InChI is InChI=1S/C23H21N3O2.CH4O/c1-16-22(23(27)26(25(16)2)18-10-5-4-6-11-18)24-15-20-19-12-8-7-9-17(19)13-14-21(20)28-3;1-2/h4-15H,1-3H3;2H,1H3. The lowest BCUT2D eigenvalue weighted by Crippen LogP contribution is -2.19. The first kappa shape index (κ1) is 21.1. The summed E-state index contributed by atoms with van der Waals surface area (Å²) in [6.45, 7) is 1.90. The molecule has 0 unspecified atom stereocenters. The molecule has 0 radical (unpaired) electrons. The van der Waals surface area contributed by atoms with Crippen molar-refractivity contribution in [2.75, 3.05) is 14.2 Å². The minimum Gasteiger partial charge on any atom is -0.496 e. The van der Waals surface area contributed by atoms with Crippen molar-refractivity contribution < 1.29 is 9.84 Å². The van der Waals surface area contributed by atoms with Gasteiger partial charge in [0.25, 0.3) is 5.56 Å². The van der Waals surface area contributed by atoms with Crippen LogP contribution in [0.3, 0.4) is 0 Å². The Morgan fingerprint density at radius 2 is 1.63 bits per heavy atom. The van der Waals surface area contributed by atoms with E-state index < -0.39 is 0 Å². The second kappa shape index (κ2) is 9.24. The highest BCUT2D eigenvalue weighted by atomic mass is 16.5. The van der Waals surface area contributed by atoms with Crippen LogP contribution >= 0.6 is 0 Å². The normalized spacial score (nSPS) is 10.8. The first-order valence-corrected chi connectivity index (χ1v) is 9.50. The smallest absolute Gasteiger partial charge is 0.297 e. The largest absolute Gasteiger partial charge is 0.496 e. The van der Waals surface area contributed by atoms with Crippen LogP contribution in [0, 0.1) is 6.92 Å². The van der Waals surface area contributed by atoms with Gasteiger partial charge in [-0.05, 0) is 35.9 Å². The van der Waals surface area contributed by atoms with Gasteiger partial charge in [0.15, 0.2) is 5.69 Å². The summed E-state index contributed by atoms with van der Waals surface area (Å²) in [5.74, 6) is 0.722. The zero-order chi connectivity index (χ0) is 21.7. The average Bonchev–Trinajstić information content (AvgIpc) is 3.01. The van der Waals surface area contributed by atoms with E-state index in [1.807, 2.05) is 85.4 Å². The van der Waals surface area contributed by atoms with Crippen LogP contribution in [0.4, 0.5) is 5.69 Å². The summed E-state index contributed by atoms with van der Waals surface area (Å²) >= 11 is 0. The van der Waals surface area contributed by atoms with E-state index in [1.54, 1.807) is 18.0 Å². The molecule has 0 atom stereocenters. The fourth-order valence-electron chi connectivity index (χ4n) is 3.42. The first-order valence-electron chi connectivity index (χ1n) is 9.50. The Balaban J connectivity index is 0.00000124. The van der Waals surface area contributed by atoms with Crippen molar-refractivity contribution in [1.82, 2.24) is 9.36 Å². The molecule has 0 amide bonds. The number of rotatable bonds is 4. The van der Waals surface area contributed by atoms with Crippen molar-refractivity contribution in [3.8, 4) is 11.4 Å². The van der Waals surface area contributed by atoms with Gasteiger partial charge in [0.2, 0.25) is 0 Å². The molecule has 0 aliphatic rings.